The van der Waals surface area contributed by atoms with Crippen LogP contribution in [0.2, 0.25) is 5.02 Å². The van der Waals surface area contributed by atoms with E-state index in [-0.39, 0.29) is 0 Å². The molecule has 2 aromatic rings. The summed E-state index contributed by atoms with van der Waals surface area (Å²) in [4.78, 5) is 2.65. The molecular formula is C19H23ClN2O2S. The SMILES string of the molecule is Cc1cc(S(=O)(=O)N2CCN(CCc3ccccc3)CC2)ccc1Cl. The molecule has 134 valence electrons. The van der Waals surface area contributed by atoms with E-state index in [1.165, 1.54) is 5.56 Å². The number of hydrogen-bond acceptors (Lipinski definition) is 3. The predicted molar refractivity (Wildman–Crippen MR) is 102 cm³/mol. The molecule has 0 unspecified atom stereocenters. The van der Waals surface area contributed by atoms with Gasteiger partial charge in [0.2, 0.25) is 10.0 Å². The van der Waals surface area contributed by atoms with Crippen molar-refractivity contribution in [2.24, 2.45) is 0 Å². The number of hydrogen-bond donors (Lipinski definition) is 0. The van der Waals surface area contributed by atoms with Crippen LogP contribution < -0.4 is 0 Å². The van der Waals surface area contributed by atoms with Gasteiger partial charge >= 0.3 is 0 Å². The Bertz CT molecular complexity index is 817. The molecule has 25 heavy (non-hydrogen) atoms. The van der Waals surface area contributed by atoms with Gasteiger partial charge in [0.25, 0.3) is 0 Å². The van der Waals surface area contributed by atoms with Gasteiger partial charge in [-0.25, -0.2) is 8.42 Å². The first-order valence-electron chi connectivity index (χ1n) is 8.49. The van der Waals surface area contributed by atoms with E-state index in [0.717, 1.165) is 31.6 Å². The third-order valence-corrected chi connectivity index (χ3v) is 6.98. The molecule has 3 rings (SSSR count). The van der Waals surface area contributed by atoms with Crippen LogP contribution in [0.25, 0.3) is 0 Å². The van der Waals surface area contributed by atoms with Crippen molar-refractivity contribution in [1.29, 1.82) is 0 Å². The van der Waals surface area contributed by atoms with Crippen molar-refractivity contribution >= 4 is 21.6 Å². The number of rotatable bonds is 5. The van der Waals surface area contributed by atoms with Crippen molar-refractivity contribution in [1.82, 2.24) is 9.21 Å². The highest BCUT2D eigenvalue weighted by atomic mass is 35.5. The first kappa shape index (κ1) is 18.4. The van der Waals surface area contributed by atoms with Crippen molar-refractivity contribution < 1.29 is 8.42 Å². The topological polar surface area (TPSA) is 40.6 Å². The highest BCUT2D eigenvalue weighted by molar-refractivity contribution is 7.89. The summed E-state index contributed by atoms with van der Waals surface area (Å²) < 4.78 is 27.2. The van der Waals surface area contributed by atoms with Crippen LogP contribution in [0.5, 0.6) is 0 Å². The van der Waals surface area contributed by atoms with Gasteiger partial charge in [0.05, 0.1) is 4.90 Å². The summed E-state index contributed by atoms with van der Waals surface area (Å²) in [7, 11) is -3.44. The van der Waals surface area contributed by atoms with Crippen LogP contribution in [-0.2, 0) is 16.4 Å². The maximum absolute atomic E-state index is 12.8. The Hall–Kier alpha value is -1.40. The first-order valence-corrected chi connectivity index (χ1v) is 10.3. The van der Waals surface area contributed by atoms with Crippen LogP contribution in [0.15, 0.2) is 53.4 Å². The van der Waals surface area contributed by atoms with Gasteiger partial charge in [-0.1, -0.05) is 41.9 Å². The lowest BCUT2D eigenvalue weighted by atomic mass is 10.1. The summed E-state index contributed by atoms with van der Waals surface area (Å²) in [5.41, 5.74) is 2.10. The van der Waals surface area contributed by atoms with E-state index >= 15 is 0 Å². The summed E-state index contributed by atoms with van der Waals surface area (Å²) in [6.45, 7) is 5.36. The summed E-state index contributed by atoms with van der Waals surface area (Å²) in [6.07, 6.45) is 0.990. The minimum absolute atomic E-state index is 0.326. The predicted octanol–water partition coefficient (Wildman–Crippen LogP) is 3.20. The van der Waals surface area contributed by atoms with Gasteiger partial charge in [-0.3, -0.25) is 0 Å². The molecule has 0 spiro atoms. The molecule has 0 radical (unpaired) electrons. The van der Waals surface area contributed by atoms with Crippen LogP contribution in [0, 0.1) is 6.92 Å². The molecule has 1 fully saturated rings. The molecule has 4 nitrogen and oxygen atoms in total. The van der Waals surface area contributed by atoms with Crippen LogP contribution in [0.4, 0.5) is 0 Å². The minimum Gasteiger partial charge on any atom is -0.300 e. The van der Waals surface area contributed by atoms with E-state index in [9.17, 15) is 8.42 Å². The number of piperazine rings is 1. The van der Waals surface area contributed by atoms with Crippen LogP contribution in [-0.4, -0.2) is 50.3 Å². The van der Waals surface area contributed by atoms with Gasteiger partial charge in [0, 0.05) is 37.7 Å². The van der Waals surface area contributed by atoms with Crippen molar-refractivity contribution in [2.45, 2.75) is 18.2 Å². The highest BCUT2D eigenvalue weighted by Gasteiger charge is 2.28. The average molecular weight is 379 g/mol. The molecule has 6 heteroatoms. The number of sulfonamides is 1. The molecule has 1 aliphatic rings. The molecule has 1 aliphatic heterocycles. The summed E-state index contributed by atoms with van der Waals surface area (Å²) in [6, 6.07) is 15.3. The van der Waals surface area contributed by atoms with E-state index in [4.69, 9.17) is 11.6 Å². The Balaban J connectivity index is 1.58. The Morgan fingerprint density at radius 1 is 1.00 bits per heavy atom. The van der Waals surface area contributed by atoms with E-state index < -0.39 is 10.0 Å². The van der Waals surface area contributed by atoms with Gasteiger partial charge in [-0.05, 0) is 42.7 Å². The third-order valence-electron chi connectivity index (χ3n) is 4.66. The molecule has 0 atom stereocenters. The summed E-state index contributed by atoms with van der Waals surface area (Å²) in [5, 5.41) is 0.588. The van der Waals surface area contributed by atoms with Crippen LogP contribution in [0.3, 0.4) is 0 Å². The second-order valence-corrected chi connectivity index (χ2v) is 8.74. The second-order valence-electron chi connectivity index (χ2n) is 6.39. The zero-order valence-corrected chi connectivity index (χ0v) is 15.9. The molecule has 0 aliphatic carbocycles. The quantitative estimate of drug-likeness (QED) is 0.802. The Kier molecular flexibility index (Phi) is 5.79. The van der Waals surface area contributed by atoms with Gasteiger partial charge in [0.15, 0.2) is 0 Å². The molecule has 0 bridgehead atoms. The zero-order valence-electron chi connectivity index (χ0n) is 14.4. The fourth-order valence-electron chi connectivity index (χ4n) is 3.05. The van der Waals surface area contributed by atoms with E-state index in [1.807, 2.05) is 25.1 Å². The Morgan fingerprint density at radius 3 is 2.32 bits per heavy atom. The lowest BCUT2D eigenvalue weighted by molar-refractivity contribution is 0.190. The highest BCUT2D eigenvalue weighted by Crippen LogP contribution is 2.23. The first-order chi connectivity index (χ1) is 12.0. The maximum Gasteiger partial charge on any atom is 0.243 e. The minimum atomic E-state index is -3.44. The fourth-order valence-corrected chi connectivity index (χ4v) is 4.68. The number of aryl methyl sites for hydroxylation is 1. The normalized spacial score (nSPS) is 16.9. The smallest absolute Gasteiger partial charge is 0.243 e. The lowest BCUT2D eigenvalue weighted by Gasteiger charge is -2.34. The van der Waals surface area contributed by atoms with Crippen molar-refractivity contribution in [2.75, 3.05) is 32.7 Å². The third kappa shape index (κ3) is 4.42. The Labute approximate surface area is 155 Å². The van der Waals surface area contributed by atoms with E-state index in [1.54, 1.807) is 22.5 Å². The van der Waals surface area contributed by atoms with Gasteiger partial charge in [0.1, 0.15) is 0 Å². The molecule has 0 saturated carbocycles. The average Bonchev–Trinajstić information content (AvgIpc) is 2.63. The summed E-state index contributed by atoms with van der Waals surface area (Å²) in [5.74, 6) is 0. The molecule has 0 aromatic heterocycles. The van der Waals surface area contributed by atoms with Crippen LogP contribution >= 0.6 is 11.6 Å². The van der Waals surface area contributed by atoms with Crippen molar-refractivity contribution in [3.05, 3.63) is 64.7 Å². The second kappa shape index (κ2) is 7.87. The molecule has 1 saturated heterocycles. The van der Waals surface area contributed by atoms with E-state index in [0.29, 0.717) is 23.0 Å². The standard InChI is InChI=1S/C19H23ClN2O2S/c1-16-15-18(7-8-19(16)20)25(23,24)22-13-11-21(12-14-22)10-9-17-5-3-2-4-6-17/h2-8,15H,9-14H2,1H3. The van der Waals surface area contributed by atoms with Crippen LogP contribution in [0.1, 0.15) is 11.1 Å². The monoisotopic (exact) mass is 378 g/mol. The van der Waals surface area contributed by atoms with Crippen molar-refractivity contribution in [3.8, 4) is 0 Å². The maximum atomic E-state index is 12.8. The van der Waals surface area contributed by atoms with Gasteiger partial charge in [-0.2, -0.15) is 4.31 Å². The summed E-state index contributed by atoms with van der Waals surface area (Å²) >= 11 is 6.01. The largest absolute Gasteiger partial charge is 0.300 e. The van der Waals surface area contributed by atoms with E-state index in [2.05, 4.69) is 17.0 Å². The lowest BCUT2D eigenvalue weighted by Crippen LogP contribution is -2.49. The molecule has 0 amide bonds. The molecule has 2 aromatic carbocycles. The molecule has 0 N–H and O–H groups in total. The molecular weight excluding hydrogens is 356 g/mol. The number of nitrogens with zero attached hydrogens (tertiary/aromatic N) is 2. The molecule has 1 heterocycles. The van der Waals surface area contributed by atoms with Gasteiger partial charge < -0.3 is 4.90 Å². The fraction of sp³-hybridized carbons (Fsp3) is 0.368. The van der Waals surface area contributed by atoms with Crippen molar-refractivity contribution in [3.63, 3.8) is 0 Å². The number of benzene rings is 2. The Morgan fingerprint density at radius 2 is 1.68 bits per heavy atom. The van der Waals surface area contributed by atoms with Gasteiger partial charge in [-0.15, -0.1) is 0 Å². The zero-order chi connectivity index (χ0) is 17.9. The number of halogens is 1.